The molecule has 1 heterocycles. The summed E-state index contributed by atoms with van der Waals surface area (Å²) in [5.74, 6) is -1.26. The number of aryl methyl sites for hydroxylation is 2. The van der Waals surface area contributed by atoms with E-state index in [2.05, 4.69) is 48.4 Å². The van der Waals surface area contributed by atoms with E-state index in [-0.39, 0.29) is 5.91 Å². The highest BCUT2D eigenvalue weighted by atomic mass is 16.5. The van der Waals surface area contributed by atoms with E-state index in [1.54, 1.807) is 12.4 Å². The molecule has 1 aromatic heterocycles. The molecular formula is C28H25N3O2. The molecule has 0 saturated heterocycles. The molecule has 0 aliphatic carbocycles. The number of carbonyl (C=O) groups is 1. The summed E-state index contributed by atoms with van der Waals surface area (Å²) in [5.41, 5.74) is 5.91. The van der Waals surface area contributed by atoms with Gasteiger partial charge in [0.2, 0.25) is 5.91 Å². The number of nitrogens with zero attached hydrogens (tertiary/aromatic N) is 2. The molecular weight excluding hydrogens is 410 g/mol. The molecule has 0 aliphatic rings. The molecule has 1 amide bonds. The van der Waals surface area contributed by atoms with Gasteiger partial charge in [-0.05, 0) is 59.7 Å². The third kappa shape index (κ3) is 5.43. The second kappa shape index (κ2) is 10.1. The van der Waals surface area contributed by atoms with Gasteiger partial charge in [0.1, 0.15) is 0 Å². The van der Waals surface area contributed by atoms with Crippen LogP contribution in [0, 0.1) is 25.2 Å². The summed E-state index contributed by atoms with van der Waals surface area (Å²) in [6.45, 7) is 5.16. The van der Waals surface area contributed by atoms with Crippen LogP contribution in [0.5, 0.6) is 0 Å². The third-order valence-electron chi connectivity index (χ3n) is 5.64. The normalized spacial score (nSPS) is 11.7. The fourth-order valence-corrected chi connectivity index (χ4v) is 3.75. The van der Waals surface area contributed by atoms with E-state index in [4.69, 9.17) is 4.74 Å². The lowest BCUT2D eigenvalue weighted by atomic mass is 9.98. The standard InChI is InChI=1S/C28H25N3O2/c1-19-3-6-25(20(2)13-19)18-33-17-21-4-7-22(8-5-21)27(15-29)28(32)31-26-10-9-24-16-30-12-11-23(24)14-26/h3-14,16,27H,17-18H2,1-2H3,(H,31,32). The summed E-state index contributed by atoms with van der Waals surface area (Å²) >= 11 is 0. The van der Waals surface area contributed by atoms with E-state index in [1.165, 1.54) is 16.7 Å². The maximum absolute atomic E-state index is 12.8. The summed E-state index contributed by atoms with van der Waals surface area (Å²) in [4.78, 5) is 16.9. The molecule has 0 aliphatic heterocycles. The molecule has 5 heteroatoms. The summed E-state index contributed by atoms with van der Waals surface area (Å²) in [5, 5.41) is 14.5. The lowest BCUT2D eigenvalue weighted by Crippen LogP contribution is -2.20. The first-order chi connectivity index (χ1) is 16.0. The number of fused-ring (bicyclic) bond motifs is 1. The first kappa shape index (κ1) is 22.2. The first-order valence-electron chi connectivity index (χ1n) is 10.8. The van der Waals surface area contributed by atoms with E-state index < -0.39 is 5.92 Å². The van der Waals surface area contributed by atoms with Gasteiger partial charge < -0.3 is 10.1 Å². The van der Waals surface area contributed by atoms with Crippen LogP contribution in [-0.4, -0.2) is 10.9 Å². The number of hydrogen-bond donors (Lipinski definition) is 1. The van der Waals surface area contributed by atoms with Gasteiger partial charge in [-0.2, -0.15) is 5.26 Å². The Kier molecular flexibility index (Phi) is 6.77. The number of carbonyl (C=O) groups excluding carboxylic acids is 1. The smallest absolute Gasteiger partial charge is 0.246 e. The molecule has 0 fully saturated rings. The minimum Gasteiger partial charge on any atom is -0.372 e. The van der Waals surface area contributed by atoms with Crippen molar-refractivity contribution in [1.82, 2.24) is 4.98 Å². The van der Waals surface area contributed by atoms with E-state index >= 15 is 0 Å². The van der Waals surface area contributed by atoms with Crippen molar-refractivity contribution in [3.8, 4) is 6.07 Å². The Labute approximate surface area is 193 Å². The molecule has 1 unspecified atom stereocenters. The Hall–Kier alpha value is -4.01. The maximum Gasteiger partial charge on any atom is 0.246 e. The minimum absolute atomic E-state index is 0.357. The molecule has 5 nitrogen and oxygen atoms in total. The molecule has 0 saturated carbocycles. The fraction of sp³-hybridized carbons (Fsp3) is 0.179. The lowest BCUT2D eigenvalue weighted by Gasteiger charge is -2.12. The average Bonchev–Trinajstić information content (AvgIpc) is 2.82. The van der Waals surface area contributed by atoms with Crippen molar-refractivity contribution in [2.75, 3.05) is 5.32 Å². The largest absolute Gasteiger partial charge is 0.372 e. The molecule has 0 bridgehead atoms. The van der Waals surface area contributed by atoms with Crippen LogP contribution in [0.3, 0.4) is 0 Å². The Morgan fingerprint density at radius 3 is 2.58 bits per heavy atom. The van der Waals surface area contributed by atoms with Gasteiger partial charge in [0.15, 0.2) is 5.92 Å². The van der Waals surface area contributed by atoms with Gasteiger partial charge in [-0.1, -0.05) is 54.1 Å². The summed E-state index contributed by atoms with van der Waals surface area (Å²) in [6, 6.07) is 23.3. The highest BCUT2D eigenvalue weighted by Crippen LogP contribution is 2.22. The summed E-state index contributed by atoms with van der Waals surface area (Å²) in [7, 11) is 0. The van der Waals surface area contributed by atoms with Gasteiger partial charge in [0.25, 0.3) is 0 Å². The zero-order chi connectivity index (χ0) is 23.2. The Morgan fingerprint density at radius 2 is 1.82 bits per heavy atom. The number of anilines is 1. The number of nitriles is 1. The second-order valence-electron chi connectivity index (χ2n) is 8.15. The Bertz CT molecular complexity index is 1320. The van der Waals surface area contributed by atoms with Crippen LogP contribution in [0.4, 0.5) is 5.69 Å². The monoisotopic (exact) mass is 435 g/mol. The van der Waals surface area contributed by atoms with Crippen LogP contribution in [0.2, 0.25) is 0 Å². The van der Waals surface area contributed by atoms with Crippen molar-refractivity contribution in [1.29, 1.82) is 5.26 Å². The molecule has 1 atom stereocenters. The van der Waals surface area contributed by atoms with Gasteiger partial charge in [0, 0.05) is 23.5 Å². The van der Waals surface area contributed by atoms with Crippen molar-refractivity contribution < 1.29 is 9.53 Å². The van der Waals surface area contributed by atoms with Crippen LogP contribution in [0.15, 0.2) is 79.1 Å². The molecule has 4 rings (SSSR count). The Balaban J connectivity index is 1.37. The zero-order valence-electron chi connectivity index (χ0n) is 18.7. The maximum atomic E-state index is 12.8. The van der Waals surface area contributed by atoms with E-state index in [0.29, 0.717) is 24.5 Å². The van der Waals surface area contributed by atoms with Crippen LogP contribution < -0.4 is 5.32 Å². The molecule has 0 spiro atoms. The van der Waals surface area contributed by atoms with Crippen LogP contribution in [0.1, 0.15) is 33.7 Å². The van der Waals surface area contributed by atoms with Crippen molar-refractivity contribution >= 4 is 22.4 Å². The second-order valence-corrected chi connectivity index (χ2v) is 8.15. The zero-order valence-corrected chi connectivity index (χ0v) is 18.7. The molecule has 0 radical (unpaired) electrons. The molecule has 33 heavy (non-hydrogen) atoms. The van der Waals surface area contributed by atoms with E-state index in [9.17, 15) is 10.1 Å². The van der Waals surface area contributed by atoms with Gasteiger partial charge in [0.05, 0.1) is 19.3 Å². The summed E-state index contributed by atoms with van der Waals surface area (Å²) < 4.78 is 5.87. The number of pyridine rings is 1. The van der Waals surface area contributed by atoms with Gasteiger partial charge in [-0.25, -0.2) is 0 Å². The van der Waals surface area contributed by atoms with Crippen LogP contribution in [0.25, 0.3) is 10.8 Å². The molecule has 1 N–H and O–H groups in total. The van der Waals surface area contributed by atoms with Gasteiger partial charge in [-0.3, -0.25) is 9.78 Å². The highest BCUT2D eigenvalue weighted by Gasteiger charge is 2.20. The number of rotatable bonds is 7. The fourth-order valence-electron chi connectivity index (χ4n) is 3.75. The van der Waals surface area contributed by atoms with Gasteiger partial charge >= 0.3 is 0 Å². The van der Waals surface area contributed by atoms with E-state index in [0.717, 1.165) is 16.3 Å². The van der Waals surface area contributed by atoms with Gasteiger partial charge in [-0.15, -0.1) is 0 Å². The number of ether oxygens (including phenoxy) is 1. The average molecular weight is 436 g/mol. The highest BCUT2D eigenvalue weighted by molar-refractivity contribution is 5.99. The van der Waals surface area contributed by atoms with Crippen molar-refractivity contribution in [2.45, 2.75) is 33.0 Å². The van der Waals surface area contributed by atoms with Crippen molar-refractivity contribution in [3.05, 3.63) is 107 Å². The minimum atomic E-state index is -0.900. The number of benzene rings is 3. The predicted octanol–water partition coefficient (Wildman–Crippen LogP) is 5.81. The number of hydrogen-bond acceptors (Lipinski definition) is 4. The quantitative estimate of drug-likeness (QED) is 0.397. The van der Waals surface area contributed by atoms with Crippen molar-refractivity contribution in [2.24, 2.45) is 0 Å². The topological polar surface area (TPSA) is 75.0 Å². The molecule has 164 valence electrons. The molecule has 3 aromatic carbocycles. The number of amides is 1. The van der Waals surface area contributed by atoms with Crippen LogP contribution >= 0.6 is 0 Å². The SMILES string of the molecule is Cc1ccc(COCc2ccc(C(C#N)C(=O)Nc3ccc4cnccc4c3)cc2)c(C)c1. The van der Waals surface area contributed by atoms with E-state index in [1.807, 2.05) is 48.5 Å². The summed E-state index contributed by atoms with van der Waals surface area (Å²) in [6.07, 6.45) is 3.48. The number of nitrogens with one attached hydrogen (secondary N) is 1. The lowest BCUT2D eigenvalue weighted by molar-refractivity contribution is -0.116. The van der Waals surface area contributed by atoms with Crippen LogP contribution in [-0.2, 0) is 22.7 Å². The predicted molar refractivity (Wildman–Crippen MR) is 130 cm³/mol. The first-order valence-corrected chi connectivity index (χ1v) is 10.8. The number of aromatic nitrogens is 1. The van der Waals surface area contributed by atoms with Crippen molar-refractivity contribution in [3.63, 3.8) is 0 Å². The molecule has 4 aromatic rings. The Morgan fingerprint density at radius 1 is 1.00 bits per heavy atom. The third-order valence-corrected chi connectivity index (χ3v) is 5.64.